The second kappa shape index (κ2) is 6.15. The van der Waals surface area contributed by atoms with Crippen molar-refractivity contribution >= 4 is 23.2 Å². The van der Waals surface area contributed by atoms with E-state index in [0.717, 1.165) is 11.1 Å². The summed E-state index contributed by atoms with van der Waals surface area (Å²) in [5.41, 5.74) is 7.33. The Hall–Kier alpha value is -2.14. The third kappa shape index (κ3) is 3.93. The number of carbonyl (C=O) groups is 2. The van der Waals surface area contributed by atoms with Crippen molar-refractivity contribution in [2.24, 2.45) is 0 Å². The Morgan fingerprint density at radius 1 is 1.11 bits per heavy atom. The van der Waals surface area contributed by atoms with E-state index in [9.17, 15) is 9.59 Å². The van der Waals surface area contributed by atoms with E-state index in [1.165, 1.54) is 11.3 Å². The molecule has 0 saturated heterocycles. The summed E-state index contributed by atoms with van der Waals surface area (Å²) in [5.74, 6) is -0.558. The van der Waals surface area contributed by atoms with Gasteiger partial charge in [-0.1, -0.05) is 17.7 Å². The zero-order valence-electron chi connectivity index (χ0n) is 10.5. The summed E-state index contributed by atoms with van der Waals surface area (Å²) in [6, 6.07) is 9.02. The molecule has 0 atom stereocenters. The van der Waals surface area contributed by atoms with E-state index in [1.807, 2.05) is 35.9 Å². The van der Waals surface area contributed by atoms with Crippen LogP contribution in [0.15, 0.2) is 41.1 Å². The molecule has 19 heavy (non-hydrogen) atoms. The molecule has 0 radical (unpaired) electrons. The third-order valence-corrected chi connectivity index (χ3v) is 3.31. The monoisotopic (exact) mass is 274 g/mol. The highest BCUT2D eigenvalue weighted by molar-refractivity contribution is 7.07. The normalized spacial score (nSPS) is 9.95. The van der Waals surface area contributed by atoms with Crippen molar-refractivity contribution in [2.45, 2.75) is 13.3 Å². The first kappa shape index (κ1) is 13.3. The van der Waals surface area contributed by atoms with Crippen molar-refractivity contribution in [3.8, 4) is 0 Å². The molecule has 1 aromatic heterocycles. The molecule has 0 fully saturated rings. The topological polar surface area (TPSA) is 58.2 Å². The summed E-state index contributed by atoms with van der Waals surface area (Å²) in [5, 5.41) is 3.81. The molecule has 2 amide bonds. The lowest BCUT2D eigenvalue weighted by molar-refractivity contribution is -0.121. The van der Waals surface area contributed by atoms with Gasteiger partial charge in [-0.15, -0.1) is 0 Å². The fraction of sp³-hybridized carbons (Fsp3) is 0.143. The van der Waals surface area contributed by atoms with Crippen LogP contribution in [0.2, 0.25) is 0 Å². The number of carbonyl (C=O) groups excluding carboxylic acids is 2. The van der Waals surface area contributed by atoms with E-state index < -0.39 is 0 Å². The van der Waals surface area contributed by atoms with Gasteiger partial charge in [0.05, 0.1) is 6.42 Å². The van der Waals surface area contributed by atoms with Gasteiger partial charge in [0.25, 0.3) is 5.91 Å². The summed E-state index contributed by atoms with van der Waals surface area (Å²) in [6.45, 7) is 1.95. The van der Waals surface area contributed by atoms with Crippen LogP contribution in [-0.2, 0) is 11.2 Å². The van der Waals surface area contributed by atoms with Gasteiger partial charge in [0, 0.05) is 5.56 Å². The second-order valence-electron chi connectivity index (χ2n) is 4.18. The zero-order valence-corrected chi connectivity index (χ0v) is 11.3. The van der Waals surface area contributed by atoms with Gasteiger partial charge in [-0.2, -0.15) is 11.3 Å². The SMILES string of the molecule is Cc1ccc(C(=O)NNC(=O)Cc2ccsc2)cc1. The van der Waals surface area contributed by atoms with Crippen LogP contribution >= 0.6 is 11.3 Å². The Balaban J connectivity index is 1.83. The van der Waals surface area contributed by atoms with Gasteiger partial charge in [-0.05, 0) is 41.4 Å². The summed E-state index contributed by atoms with van der Waals surface area (Å²) in [6.07, 6.45) is 0.262. The Morgan fingerprint density at radius 2 is 1.84 bits per heavy atom. The molecule has 0 aliphatic carbocycles. The summed E-state index contributed by atoms with van der Waals surface area (Å²) < 4.78 is 0. The number of thiophene rings is 1. The van der Waals surface area contributed by atoms with Crippen molar-refractivity contribution in [1.29, 1.82) is 0 Å². The number of hydrogen-bond acceptors (Lipinski definition) is 3. The molecule has 0 spiro atoms. The van der Waals surface area contributed by atoms with E-state index in [-0.39, 0.29) is 18.2 Å². The second-order valence-corrected chi connectivity index (χ2v) is 4.96. The highest BCUT2D eigenvalue weighted by Gasteiger charge is 2.07. The average molecular weight is 274 g/mol. The van der Waals surface area contributed by atoms with E-state index >= 15 is 0 Å². The molecule has 4 nitrogen and oxygen atoms in total. The first-order valence-corrected chi connectivity index (χ1v) is 6.76. The minimum absolute atomic E-state index is 0.237. The zero-order chi connectivity index (χ0) is 13.7. The average Bonchev–Trinajstić information content (AvgIpc) is 2.89. The van der Waals surface area contributed by atoms with Crippen molar-refractivity contribution in [2.75, 3.05) is 0 Å². The molecule has 0 aliphatic heterocycles. The standard InChI is InChI=1S/C14H14N2O2S/c1-10-2-4-12(5-3-10)14(18)16-15-13(17)8-11-6-7-19-9-11/h2-7,9H,8H2,1H3,(H,15,17)(H,16,18). The van der Waals surface area contributed by atoms with Gasteiger partial charge in [0.15, 0.2) is 0 Å². The lowest BCUT2D eigenvalue weighted by Gasteiger charge is -2.07. The quantitative estimate of drug-likeness (QED) is 0.842. The highest BCUT2D eigenvalue weighted by Crippen LogP contribution is 2.06. The van der Waals surface area contributed by atoms with Gasteiger partial charge in [0.1, 0.15) is 0 Å². The van der Waals surface area contributed by atoms with Crippen LogP contribution in [-0.4, -0.2) is 11.8 Å². The minimum Gasteiger partial charge on any atom is -0.273 e. The summed E-state index contributed by atoms with van der Waals surface area (Å²) in [4.78, 5) is 23.3. The van der Waals surface area contributed by atoms with Crippen molar-refractivity contribution < 1.29 is 9.59 Å². The molecule has 5 heteroatoms. The fourth-order valence-electron chi connectivity index (χ4n) is 1.53. The molecule has 0 aliphatic rings. The number of hydrogen-bond donors (Lipinski definition) is 2. The maximum atomic E-state index is 11.7. The highest BCUT2D eigenvalue weighted by atomic mass is 32.1. The predicted octanol–water partition coefficient (Wildman–Crippen LogP) is 2.06. The van der Waals surface area contributed by atoms with Crippen LogP contribution in [0, 0.1) is 6.92 Å². The van der Waals surface area contributed by atoms with Gasteiger partial charge in [-0.3, -0.25) is 20.4 Å². The third-order valence-electron chi connectivity index (χ3n) is 2.57. The molecule has 0 unspecified atom stereocenters. The molecule has 2 N–H and O–H groups in total. The molecule has 2 aromatic rings. The number of rotatable bonds is 3. The van der Waals surface area contributed by atoms with E-state index in [1.54, 1.807) is 12.1 Å². The number of aryl methyl sites for hydroxylation is 1. The molecular weight excluding hydrogens is 260 g/mol. The van der Waals surface area contributed by atoms with Gasteiger partial charge in [0.2, 0.25) is 5.91 Å². The fourth-order valence-corrected chi connectivity index (χ4v) is 2.20. The number of hydrazine groups is 1. The van der Waals surface area contributed by atoms with Crippen LogP contribution in [0.5, 0.6) is 0 Å². The van der Waals surface area contributed by atoms with E-state index in [0.29, 0.717) is 5.56 Å². The smallest absolute Gasteiger partial charge is 0.269 e. The number of benzene rings is 1. The Kier molecular flexibility index (Phi) is 4.30. The molecule has 0 saturated carbocycles. The molecule has 2 rings (SSSR count). The molecule has 1 heterocycles. The maximum Gasteiger partial charge on any atom is 0.269 e. The Morgan fingerprint density at radius 3 is 2.47 bits per heavy atom. The van der Waals surface area contributed by atoms with Gasteiger partial charge < -0.3 is 0 Å². The van der Waals surface area contributed by atoms with E-state index in [4.69, 9.17) is 0 Å². The summed E-state index contributed by atoms with van der Waals surface area (Å²) in [7, 11) is 0. The van der Waals surface area contributed by atoms with Crippen LogP contribution in [0.3, 0.4) is 0 Å². The number of nitrogens with one attached hydrogen (secondary N) is 2. The Bertz CT molecular complexity index is 562. The van der Waals surface area contributed by atoms with Crippen LogP contribution in [0.4, 0.5) is 0 Å². The predicted molar refractivity (Wildman–Crippen MR) is 74.8 cm³/mol. The summed E-state index contributed by atoms with van der Waals surface area (Å²) >= 11 is 1.54. The maximum absolute atomic E-state index is 11.7. The minimum atomic E-state index is -0.321. The molecular formula is C14H14N2O2S. The Labute approximate surface area is 115 Å². The first-order chi connectivity index (χ1) is 9.15. The van der Waals surface area contributed by atoms with Crippen molar-refractivity contribution in [3.63, 3.8) is 0 Å². The molecule has 1 aromatic carbocycles. The molecule has 0 bridgehead atoms. The van der Waals surface area contributed by atoms with Crippen molar-refractivity contribution in [1.82, 2.24) is 10.9 Å². The van der Waals surface area contributed by atoms with E-state index in [2.05, 4.69) is 10.9 Å². The molecule has 98 valence electrons. The van der Waals surface area contributed by atoms with Crippen LogP contribution < -0.4 is 10.9 Å². The van der Waals surface area contributed by atoms with Gasteiger partial charge >= 0.3 is 0 Å². The van der Waals surface area contributed by atoms with Crippen molar-refractivity contribution in [3.05, 3.63) is 57.8 Å². The lowest BCUT2D eigenvalue weighted by Crippen LogP contribution is -2.42. The van der Waals surface area contributed by atoms with Crippen LogP contribution in [0.25, 0.3) is 0 Å². The number of amides is 2. The van der Waals surface area contributed by atoms with Gasteiger partial charge in [-0.25, -0.2) is 0 Å². The largest absolute Gasteiger partial charge is 0.273 e. The first-order valence-electron chi connectivity index (χ1n) is 5.82. The van der Waals surface area contributed by atoms with Crippen LogP contribution in [0.1, 0.15) is 21.5 Å². The lowest BCUT2D eigenvalue weighted by atomic mass is 10.1.